The van der Waals surface area contributed by atoms with Crippen molar-refractivity contribution in [1.82, 2.24) is 0 Å². The molecule has 0 aromatic carbocycles. The first-order valence-electron chi connectivity index (χ1n) is 17.6. The Hall–Kier alpha value is -3.64. The van der Waals surface area contributed by atoms with E-state index in [1.54, 1.807) is 0 Å². The summed E-state index contributed by atoms with van der Waals surface area (Å²) in [7, 11) is 0. The number of hydrogen-bond acceptors (Lipinski definition) is 0. The molecule has 0 saturated carbocycles. The Bertz CT molecular complexity index is 1250. The Morgan fingerprint density at radius 3 is 1.35 bits per heavy atom. The van der Waals surface area contributed by atoms with Crippen molar-refractivity contribution in [3.05, 3.63) is 169 Å². The highest BCUT2D eigenvalue weighted by molar-refractivity contribution is 5.80. The van der Waals surface area contributed by atoms with Gasteiger partial charge in [-0.25, -0.2) is 0 Å². The van der Waals surface area contributed by atoms with Crippen LogP contribution in [-0.4, -0.2) is 0 Å². The van der Waals surface area contributed by atoms with E-state index in [2.05, 4.69) is 111 Å². The summed E-state index contributed by atoms with van der Waals surface area (Å²) in [6.07, 6.45) is 31.1. The van der Waals surface area contributed by atoms with Gasteiger partial charge < -0.3 is 0 Å². The third kappa shape index (κ3) is 10.7. The standard InChI is InChI=1S/C38H46.4C2H6/c1-12-20-22-33-29(15-4)30(16-5)34(23-21-13-2)38(33)35(25-24-28(9)14-3)31(17-6)32(18-7)36(38)26-27-37(10,11)19-8;4*1-2/h12-15,18-28H,1-4,7-8,16-17H2,5-6,9-11H3;4*1-2H3/b22-20-,23-21-,25-24-,27-26-;;;;/t28?,38-;;;;/m0..../s1. The van der Waals surface area contributed by atoms with Crippen molar-refractivity contribution in [2.75, 3.05) is 0 Å². The Labute approximate surface area is 288 Å². The van der Waals surface area contributed by atoms with Crippen LogP contribution in [0.4, 0.5) is 0 Å². The van der Waals surface area contributed by atoms with Crippen LogP contribution in [0.2, 0.25) is 0 Å². The van der Waals surface area contributed by atoms with E-state index in [0.29, 0.717) is 0 Å². The molecule has 1 unspecified atom stereocenters. The molecule has 0 radical (unpaired) electrons. The molecule has 0 heteroatoms. The summed E-state index contributed by atoms with van der Waals surface area (Å²) in [5.41, 5.74) is 9.20. The molecule has 1 spiro atoms. The predicted molar refractivity (Wildman–Crippen MR) is 217 cm³/mol. The van der Waals surface area contributed by atoms with Crippen LogP contribution in [-0.2, 0) is 0 Å². The fourth-order valence-corrected chi connectivity index (χ4v) is 5.47. The Morgan fingerprint density at radius 2 is 1.00 bits per heavy atom. The third-order valence-corrected chi connectivity index (χ3v) is 7.55. The minimum atomic E-state index is -0.534. The quantitative estimate of drug-likeness (QED) is 0.134. The van der Waals surface area contributed by atoms with Gasteiger partial charge in [-0.1, -0.05) is 201 Å². The maximum atomic E-state index is 4.30. The van der Waals surface area contributed by atoms with E-state index in [-0.39, 0.29) is 11.3 Å². The topological polar surface area (TPSA) is 0 Å². The third-order valence-electron chi connectivity index (χ3n) is 7.55. The smallest absolute Gasteiger partial charge is 0.0718 e. The van der Waals surface area contributed by atoms with Gasteiger partial charge in [-0.3, -0.25) is 0 Å². The van der Waals surface area contributed by atoms with Crippen molar-refractivity contribution in [3.8, 4) is 0 Å². The minimum absolute atomic E-state index is 0.169. The van der Waals surface area contributed by atoms with Crippen LogP contribution < -0.4 is 0 Å². The molecular formula is C46H70. The molecule has 0 aromatic heterocycles. The molecule has 2 aliphatic carbocycles. The lowest BCUT2D eigenvalue weighted by atomic mass is 9.66. The monoisotopic (exact) mass is 623 g/mol. The molecule has 0 fully saturated rings. The lowest BCUT2D eigenvalue weighted by Crippen LogP contribution is -2.26. The lowest BCUT2D eigenvalue weighted by Gasteiger charge is -2.35. The molecule has 0 saturated heterocycles. The van der Waals surface area contributed by atoms with E-state index in [9.17, 15) is 0 Å². The summed E-state index contributed by atoms with van der Waals surface area (Å²) >= 11 is 0. The van der Waals surface area contributed by atoms with Crippen LogP contribution >= 0.6 is 0 Å². The van der Waals surface area contributed by atoms with Gasteiger partial charge in [0.15, 0.2) is 0 Å². The Kier molecular flexibility index (Phi) is 26.0. The highest BCUT2D eigenvalue weighted by atomic mass is 14.5. The van der Waals surface area contributed by atoms with Gasteiger partial charge in [0.05, 0.1) is 5.41 Å². The highest BCUT2D eigenvalue weighted by Gasteiger charge is 2.52. The minimum Gasteiger partial charge on any atom is -0.102 e. The van der Waals surface area contributed by atoms with Gasteiger partial charge in [0, 0.05) is 5.41 Å². The zero-order chi connectivity index (χ0) is 36.5. The second-order valence-electron chi connectivity index (χ2n) is 10.3. The molecule has 2 aliphatic rings. The molecule has 0 nitrogen and oxygen atoms in total. The van der Waals surface area contributed by atoms with Crippen LogP contribution in [0.15, 0.2) is 169 Å². The maximum absolute atomic E-state index is 4.30. The first kappa shape index (κ1) is 46.8. The van der Waals surface area contributed by atoms with Gasteiger partial charge in [-0.05, 0) is 63.3 Å². The van der Waals surface area contributed by atoms with E-state index in [0.717, 1.165) is 12.8 Å². The van der Waals surface area contributed by atoms with Gasteiger partial charge in [-0.2, -0.15) is 0 Å². The summed E-state index contributed by atoms with van der Waals surface area (Å²) in [5, 5.41) is 0. The molecule has 0 aliphatic heterocycles. The molecule has 254 valence electrons. The largest absolute Gasteiger partial charge is 0.102 e. The van der Waals surface area contributed by atoms with Gasteiger partial charge in [0.2, 0.25) is 0 Å². The zero-order valence-electron chi connectivity index (χ0n) is 32.3. The van der Waals surface area contributed by atoms with Crippen molar-refractivity contribution in [2.24, 2.45) is 16.7 Å². The van der Waals surface area contributed by atoms with Gasteiger partial charge >= 0.3 is 0 Å². The molecule has 0 N–H and O–H groups in total. The second-order valence-corrected chi connectivity index (χ2v) is 10.3. The maximum Gasteiger partial charge on any atom is 0.0718 e. The van der Waals surface area contributed by atoms with Crippen LogP contribution in [0.3, 0.4) is 0 Å². The molecule has 0 bridgehead atoms. The van der Waals surface area contributed by atoms with E-state index in [1.807, 2.05) is 104 Å². The van der Waals surface area contributed by atoms with Crippen LogP contribution in [0.25, 0.3) is 0 Å². The summed E-state index contributed by atoms with van der Waals surface area (Å²) in [6, 6.07) is 0. The van der Waals surface area contributed by atoms with E-state index >= 15 is 0 Å². The van der Waals surface area contributed by atoms with Crippen LogP contribution in [0.5, 0.6) is 0 Å². The fourth-order valence-electron chi connectivity index (χ4n) is 5.47. The summed E-state index contributed by atoms with van der Waals surface area (Å²) < 4.78 is 0. The zero-order valence-corrected chi connectivity index (χ0v) is 32.3. The molecule has 46 heavy (non-hydrogen) atoms. The molecule has 0 heterocycles. The highest BCUT2D eigenvalue weighted by Crippen LogP contribution is 2.64. The van der Waals surface area contributed by atoms with Crippen molar-refractivity contribution in [3.63, 3.8) is 0 Å². The second kappa shape index (κ2) is 25.5. The van der Waals surface area contributed by atoms with Gasteiger partial charge in [0.25, 0.3) is 0 Å². The molecule has 0 aromatic rings. The summed E-state index contributed by atoms with van der Waals surface area (Å²) in [5.74, 6) is 0.238. The SMILES string of the molecule is C=C/C=C\C1=C(C=C)C(CC)=C(/C=C\C=C)[C@@]12C(/C=C\C(C)(C)C=C)=C(C=C)C(CC)=C2/C=C\C(C)C=C.CC.CC.CC.CC. The molecular weight excluding hydrogens is 553 g/mol. The first-order valence-corrected chi connectivity index (χ1v) is 17.6. The Morgan fingerprint density at radius 1 is 0.609 bits per heavy atom. The number of rotatable bonds is 14. The van der Waals surface area contributed by atoms with E-state index in [4.69, 9.17) is 0 Å². The average molecular weight is 623 g/mol. The molecule has 2 atom stereocenters. The molecule has 0 amide bonds. The normalized spacial score (nSPS) is 18.1. The summed E-state index contributed by atoms with van der Waals surface area (Å²) in [6.45, 7) is 51.6. The van der Waals surface area contributed by atoms with Crippen molar-refractivity contribution >= 4 is 0 Å². The van der Waals surface area contributed by atoms with Gasteiger partial charge in [0.1, 0.15) is 0 Å². The predicted octanol–water partition coefficient (Wildman–Crippen LogP) is 15.1. The van der Waals surface area contributed by atoms with Gasteiger partial charge in [-0.15, -0.1) is 13.2 Å². The average Bonchev–Trinajstić information content (AvgIpc) is 3.54. The van der Waals surface area contributed by atoms with E-state index in [1.165, 1.54) is 44.6 Å². The van der Waals surface area contributed by atoms with E-state index < -0.39 is 5.41 Å². The van der Waals surface area contributed by atoms with Crippen molar-refractivity contribution in [1.29, 1.82) is 0 Å². The van der Waals surface area contributed by atoms with Crippen LogP contribution in [0, 0.1) is 16.7 Å². The summed E-state index contributed by atoms with van der Waals surface area (Å²) in [4.78, 5) is 0. The van der Waals surface area contributed by atoms with Crippen LogP contribution in [0.1, 0.15) is 103 Å². The first-order chi connectivity index (χ1) is 22.2. The molecule has 2 rings (SSSR count). The van der Waals surface area contributed by atoms with Crippen molar-refractivity contribution < 1.29 is 0 Å². The lowest BCUT2D eigenvalue weighted by molar-refractivity contribution is 0.622. The number of hydrogen-bond donors (Lipinski definition) is 0. The Balaban J connectivity index is -0.00000214. The fraction of sp³-hybridized carbons (Fsp3) is 0.391. The number of allylic oxidation sites excluding steroid dienone is 22. The van der Waals surface area contributed by atoms with Crippen molar-refractivity contribution in [2.45, 2.75) is 103 Å².